The van der Waals surface area contributed by atoms with Crippen molar-refractivity contribution < 1.29 is 24.2 Å². The molecular weight excluding hydrogens is 606 g/mol. The van der Waals surface area contributed by atoms with Crippen LogP contribution in [-0.4, -0.2) is 88.0 Å². The van der Waals surface area contributed by atoms with Crippen LogP contribution in [0.5, 0.6) is 0 Å². The van der Waals surface area contributed by atoms with Crippen molar-refractivity contribution in [1.82, 2.24) is 4.90 Å². The van der Waals surface area contributed by atoms with E-state index in [1.165, 1.54) is 4.90 Å². The van der Waals surface area contributed by atoms with Gasteiger partial charge in [0.15, 0.2) is 0 Å². The number of unbranched alkanes of at least 4 members (excludes halogenated alkanes) is 2. The van der Waals surface area contributed by atoms with Gasteiger partial charge in [-0.05, 0) is 63.8 Å². The summed E-state index contributed by atoms with van der Waals surface area (Å²) in [6.45, 7) is 13.9. The number of fused-ring (bicyclic) bond motifs is 1. The maximum Gasteiger partial charge on any atom is 0.310 e. The zero-order valence-electron chi connectivity index (χ0n) is 24.0. The van der Waals surface area contributed by atoms with Gasteiger partial charge in [0.2, 0.25) is 5.91 Å². The Morgan fingerprint density at radius 1 is 1.17 bits per heavy atom. The quantitative estimate of drug-likeness (QED) is 0.131. The fraction of sp³-hybridized carbons (Fsp3) is 0.581. The molecule has 8 nitrogen and oxygen atoms in total. The number of ether oxygens (including phenoxy) is 1. The molecule has 0 saturated carbocycles. The Hall–Kier alpha value is -2.30. The molecule has 1 spiro atoms. The van der Waals surface area contributed by atoms with Gasteiger partial charge >= 0.3 is 5.97 Å². The van der Waals surface area contributed by atoms with E-state index >= 15 is 0 Å². The Kier molecular flexibility index (Phi) is 10.6. The average molecular weight is 649 g/mol. The monoisotopic (exact) mass is 647 g/mol. The highest BCUT2D eigenvalue weighted by Gasteiger charge is 2.76. The Bertz CT molecular complexity index is 1130. The number of allylic oxidation sites excluding steroid dienone is 1. The third-order valence-corrected chi connectivity index (χ3v) is 11.8. The largest absolute Gasteiger partial charge is 0.465 e. The minimum Gasteiger partial charge on any atom is -0.465 e. The number of benzene rings is 1. The van der Waals surface area contributed by atoms with Crippen molar-refractivity contribution in [3.05, 3.63) is 49.6 Å². The molecule has 0 aromatic heterocycles. The lowest BCUT2D eigenvalue weighted by Gasteiger charge is -2.37. The number of esters is 1. The molecule has 10 heteroatoms. The van der Waals surface area contributed by atoms with Crippen LogP contribution in [0.1, 0.15) is 39.5 Å². The average Bonchev–Trinajstić information content (AvgIpc) is 3.56. The molecule has 224 valence electrons. The molecule has 6 atom stereocenters. The molecule has 3 heterocycles. The molecule has 1 N–H and O–H groups in total. The van der Waals surface area contributed by atoms with E-state index in [1.807, 2.05) is 30.3 Å². The summed E-state index contributed by atoms with van der Waals surface area (Å²) in [5.41, 5.74) is 1.78. The molecule has 1 aromatic carbocycles. The predicted molar refractivity (Wildman–Crippen MR) is 169 cm³/mol. The SMILES string of the molecule is C=CCCCCOC(=O)[C@H]1[C@H]2C(=O)N(CCO)C(C(=O)N(CC=C)c3ccc(N(CC)CC)cc3)C23CC(Br)[C@@H]1S3. The first kappa shape index (κ1) is 31.6. The summed E-state index contributed by atoms with van der Waals surface area (Å²) in [6.07, 6.45) is 6.55. The molecule has 0 radical (unpaired) electrons. The van der Waals surface area contributed by atoms with Crippen LogP contribution in [0.25, 0.3) is 0 Å². The van der Waals surface area contributed by atoms with E-state index in [4.69, 9.17) is 4.74 Å². The second kappa shape index (κ2) is 13.8. The number of aliphatic hydroxyl groups excluding tert-OH is 1. The molecule has 4 rings (SSSR count). The smallest absolute Gasteiger partial charge is 0.310 e. The number of aliphatic hydroxyl groups is 1. The summed E-state index contributed by atoms with van der Waals surface area (Å²) >= 11 is 5.35. The molecule has 2 amide bonds. The summed E-state index contributed by atoms with van der Waals surface area (Å²) in [5.74, 6) is -2.18. The molecule has 3 aliphatic heterocycles. The van der Waals surface area contributed by atoms with E-state index in [1.54, 1.807) is 22.7 Å². The molecule has 3 aliphatic rings. The predicted octanol–water partition coefficient (Wildman–Crippen LogP) is 4.41. The minimum atomic E-state index is -0.824. The molecule has 1 aromatic rings. The molecule has 2 bridgehead atoms. The Morgan fingerprint density at radius 2 is 1.85 bits per heavy atom. The molecule has 3 unspecified atom stereocenters. The number of carbonyl (C=O) groups excluding carboxylic acids is 3. The maximum atomic E-state index is 14.5. The molecule has 41 heavy (non-hydrogen) atoms. The number of amides is 2. The van der Waals surface area contributed by atoms with Crippen LogP contribution in [0, 0.1) is 11.8 Å². The number of rotatable bonds is 15. The van der Waals surface area contributed by atoms with Crippen molar-refractivity contribution in [2.75, 3.05) is 49.2 Å². The second-order valence-electron chi connectivity index (χ2n) is 10.8. The van der Waals surface area contributed by atoms with Crippen molar-refractivity contribution in [2.24, 2.45) is 11.8 Å². The number of likely N-dealkylation sites (tertiary alicyclic amines) is 1. The molecule has 0 aliphatic carbocycles. The highest BCUT2D eigenvalue weighted by Crippen LogP contribution is 2.68. The lowest BCUT2D eigenvalue weighted by Crippen LogP contribution is -2.56. The van der Waals surface area contributed by atoms with Crippen molar-refractivity contribution in [3.8, 4) is 0 Å². The lowest BCUT2D eigenvalue weighted by atomic mass is 9.71. The minimum absolute atomic E-state index is 0.0256. The zero-order chi connectivity index (χ0) is 29.7. The lowest BCUT2D eigenvalue weighted by molar-refractivity contribution is -0.154. The Morgan fingerprint density at radius 3 is 2.46 bits per heavy atom. The number of carbonyl (C=O) groups is 3. The molecule has 3 fully saturated rings. The summed E-state index contributed by atoms with van der Waals surface area (Å²) < 4.78 is 4.89. The van der Waals surface area contributed by atoms with E-state index < -0.39 is 22.6 Å². The van der Waals surface area contributed by atoms with Gasteiger partial charge in [-0.2, -0.15) is 0 Å². The van der Waals surface area contributed by atoms with Crippen molar-refractivity contribution in [2.45, 2.75) is 60.4 Å². The summed E-state index contributed by atoms with van der Waals surface area (Å²) in [6, 6.07) is 7.04. The number of halogens is 1. The van der Waals surface area contributed by atoms with Crippen LogP contribution < -0.4 is 9.80 Å². The fourth-order valence-electron chi connectivity index (χ4n) is 6.72. The first-order valence-electron chi connectivity index (χ1n) is 14.6. The van der Waals surface area contributed by atoms with Crippen LogP contribution in [0.2, 0.25) is 0 Å². The van der Waals surface area contributed by atoms with Gasteiger partial charge in [-0.25, -0.2) is 0 Å². The maximum absolute atomic E-state index is 14.5. The van der Waals surface area contributed by atoms with Gasteiger partial charge in [-0.3, -0.25) is 14.4 Å². The fourth-order valence-corrected chi connectivity index (χ4v) is 10.3. The van der Waals surface area contributed by atoms with E-state index in [-0.39, 0.29) is 47.6 Å². The number of alkyl halides is 1. The van der Waals surface area contributed by atoms with Gasteiger partial charge in [-0.1, -0.05) is 28.1 Å². The van der Waals surface area contributed by atoms with E-state index in [0.29, 0.717) is 18.7 Å². The number of anilines is 2. The van der Waals surface area contributed by atoms with Crippen LogP contribution in [0.4, 0.5) is 11.4 Å². The van der Waals surface area contributed by atoms with Gasteiger partial charge in [0.05, 0.1) is 29.8 Å². The van der Waals surface area contributed by atoms with Crippen molar-refractivity contribution in [1.29, 1.82) is 0 Å². The van der Waals surface area contributed by atoms with Gasteiger partial charge < -0.3 is 24.5 Å². The van der Waals surface area contributed by atoms with E-state index in [0.717, 1.165) is 38.0 Å². The highest BCUT2D eigenvalue weighted by atomic mass is 79.9. The van der Waals surface area contributed by atoms with Crippen molar-refractivity contribution in [3.63, 3.8) is 0 Å². The molecule has 3 saturated heterocycles. The summed E-state index contributed by atoms with van der Waals surface area (Å²) in [4.78, 5) is 47.3. The number of hydrogen-bond donors (Lipinski definition) is 1. The number of β-amino-alcohol motifs (C(OH)–C–C–N with tert-alkyl or cyclic N) is 1. The van der Waals surface area contributed by atoms with Gasteiger partial charge in [0, 0.05) is 47.6 Å². The number of hydrogen-bond acceptors (Lipinski definition) is 7. The first-order chi connectivity index (χ1) is 19.8. The van der Waals surface area contributed by atoms with E-state index in [9.17, 15) is 19.5 Å². The second-order valence-corrected chi connectivity index (χ2v) is 13.5. The van der Waals surface area contributed by atoms with Crippen LogP contribution >= 0.6 is 27.7 Å². The van der Waals surface area contributed by atoms with Crippen LogP contribution in [0.15, 0.2) is 49.6 Å². The zero-order valence-corrected chi connectivity index (χ0v) is 26.4. The Labute approximate surface area is 256 Å². The van der Waals surface area contributed by atoms with Gasteiger partial charge in [0.1, 0.15) is 6.04 Å². The molecular formula is C31H42BrN3O5S. The highest BCUT2D eigenvalue weighted by molar-refractivity contribution is 9.09. The normalized spacial score (nSPS) is 28.0. The first-order valence-corrected chi connectivity index (χ1v) is 16.4. The third-order valence-electron chi connectivity index (χ3n) is 8.55. The summed E-state index contributed by atoms with van der Waals surface area (Å²) in [5, 5.41) is 9.75. The standard InChI is InChI=1S/C31H42BrN3O5S/c1-5-9-10-11-19-40-30(39)24-25-28(37)35(17-18-36)27(31(25)20-23(32)26(24)41-31)29(38)34(16-6-2)22-14-12-21(13-15-22)33(7-3)8-4/h5-6,12-15,23-27,36H,1-2,7-11,16-20H2,3-4H3/t23?,24-,25-,26-,27?,31?/m0/s1. The van der Waals surface area contributed by atoms with Crippen molar-refractivity contribution >= 4 is 56.9 Å². The topological polar surface area (TPSA) is 90.4 Å². The van der Waals surface area contributed by atoms with Gasteiger partial charge in [0.25, 0.3) is 5.91 Å². The van der Waals surface area contributed by atoms with Gasteiger partial charge in [-0.15, -0.1) is 24.9 Å². The third kappa shape index (κ3) is 5.84. The van der Waals surface area contributed by atoms with Crippen LogP contribution in [-0.2, 0) is 19.1 Å². The summed E-state index contributed by atoms with van der Waals surface area (Å²) in [7, 11) is 0. The van der Waals surface area contributed by atoms with E-state index in [2.05, 4.69) is 47.8 Å². The van der Waals surface area contributed by atoms with Crippen LogP contribution in [0.3, 0.4) is 0 Å². The number of thioether (sulfide) groups is 1. The number of nitrogens with zero attached hydrogens (tertiary/aromatic N) is 3. The Balaban J connectivity index is 1.65.